The highest BCUT2D eigenvalue weighted by molar-refractivity contribution is 5.74. The van der Waals surface area contributed by atoms with Gasteiger partial charge in [0, 0.05) is 29.2 Å². The van der Waals surface area contributed by atoms with Crippen LogP contribution in [0.5, 0.6) is 0 Å². The highest BCUT2D eigenvalue weighted by Gasteiger charge is 2.32. The van der Waals surface area contributed by atoms with E-state index < -0.39 is 0 Å². The second kappa shape index (κ2) is 2.51. The monoisotopic (exact) mass is 196 g/mol. The molecule has 1 aromatic heterocycles. The van der Waals surface area contributed by atoms with E-state index in [0.29, 0.717) is 0 Å². The molecule has 1 fully saturated rings. The molecule has 0 spiro atoms. The second-order valence-electron chi connectivity index (χ2n) is 4.57. The lowest BCUT2D eigenvalue weighted by Gasteiger charge is -1.97. The van der Waals surface area contributed by atoms with Gasteiger partial charge in [-0.05, 0) is 18.4 Å². The van der Waals surface area contributed by atoms with Gasteiger partial charge in [0.25, 0.3) is 0 Å². The van der Waals surface area contributed by atoms with E-state index in [1.54, 1.807) is 0 Å². The van der Waals surface area contributed by atoms with Crippen molar-refractivity contribution in [3.63, 3.8) is 0 Å². The van der Waals surface area contributed by atoms with Gasteiger partial charge in [-0.15, -0.1) is 0 Å². The van der Waals surface area contributed by atoms with Gasteiger partial charge in [0.1, 0.15) is 0 Å². The van der Waals surface area contributed by atoms with Crippen LogP contribution in [0.3, 0.4) is 0 Å². The van der Waals surface area contributed by atoms with Crippen LogP contribution in [0.25, 0.3) is 11.3 Å². The molecule has 0 saturated heterocycles. The van der Waals surface area contributed by atoms with Crippen molar-refractivity contribution in [1.82, 2.24) is 10.2 Å². The van der Waals surface area contributed by atoms with Gasteiger partial charge in [-0.2, -0.15) is 5.10 Å². The maximum atomic E-state index is 4.47. The van der Waals surface area contributed by atoms with Gasteiger partial charge in [0.15, 0.2) is 0 Å². The van der Waals surface area contributed by atoms with Crippen molar-refractivity contribution in [1.29, 1.82) is 0 Å². The molecule has 2 nitrogen and oxygen atoms in total. The molecule has 1 heterocycles. The average Bonchev–Trinajstić information content (AvgIpc) is 2.91. The maximum Gasteiger partial charge on any atom is 0.0961 e. The number of hydrogen-bond donors (Lipinski definition) is 1. The van der Waals surface area contributed by atoms with Gasteiger partial charge in [0.2, 0.25) is 0 Å². The summed E-state index contributed by atoms with van der Waals surface area (Å²) in [4.78, 5) is 0. The Bertz CT molecular complexity index is 535. The number of rotatable bonds is 1. The molecule has 2 aromatic rings. The van der Waals surface area contributed by atoms with Gasteiger partial charge in [-0.1, -0.05) is 24.3 Å². The number of nitrogens with zero attached hydrogens (tertiary/aromatic N) is 1. The number of fused-ring (bicyclic) bond motifs is 3. The summed E-state index contributed by atoms with van der Waals surface area (Å²) in [5.41, 5.74) is 6.83. The molecule has 74 valence electrons. The molecular weight excluding hydrogens is 184 g/mol. The van der Waals surface area contributed by atoms with E-state index in [1.807, 2.05) is 0 Å². The van der Waals surface area contributed by atoms with Gasteiger partial charge in [0.05, 0.1) is 5.69 Å². The zero-order valence-corrected chi connectivity index (χ0v) is 8.46. The zero-order chi connectivity index (χ0) is 9.83. The molecule has 2 aliphatic carbocycles. The molecule has 0 bridgehead atoms. The van der Waals surface area contributed by atoms with Crippen LogP contribution in [0.15, 0.2) is 24.3 Å². The first kappa shape index (κ1) is 7.69. The fourth-order valence-corrected chi connectivity index (χ4v) is 2.59. The van der Waals surface area contributed by atoms with Crippen LogP contribution in [0, 0.1) is 0 Å². The molecule has 15 heavy (non-hydrogen) atoms. The summed E-state index contributed by atoms with van der Waals surface area (Å²) in [6, 6.07) is 8.61. The third kappa shape index (κ3) is 0.965. The summed E-state index contributed by atoms with van der Waals surface area (Å²) in [6.07, 6.45) is 3.75. The quantitative estimate of drug-likeness (QED) is 0.637. The van der Waals surface area contributed by atoms with E-state index >= 15 is 0 Å². The lowest BCUT2D eigenvalue weighted by Crippen LogP contribution is -1.88. The summed E-state index contributed by atoms with van der Waals surface area (Å²) >= 11 is 0. The number of aromatic amines is 1. The lowest BCUT2D eigenvalue weighted by molar-refractivity contribution is 0.948. The number of H-pyrrole nitrogens is 1. The van der Waals surface area contributed by atoms with E-state index in [0.717, 1.165) is 12.3 Å². The predicted octanol–water partition coefficient (Wildman–Crippen LogP) is 2.86. The van der Waals surface area contributed by atoms with Crippen LogP contribution in [-0.2, 0) is 6.42 Å². The third-order valence-electron chi connectivity index (χ3n) is 3.52. The molecule has 2 heteroatoms. The van der Waals surface area contributed by atoms with Crippen LogP contribution in [0.2, 0.25) is 0 Å². The number of aromatic nitrogens is 2. The topological polar surface area (TPSA) is 28.7 Å². The van der Waals surface area contributed by atoms with E-state index in [-0.39, 0.29) is 0 Å². The van der Waals surface area contributed by atoms with Crippen LogP contribution in [-0.4, -0.2) is 10.2 Å². The van der Waals surface area contributed by atoms with Crippen LogP contribution >= 0.6 is 0 Å². The van der Waals surface area contributed by atoms with Gasteiger partial charge >= 0.3 is 0 Å². The lowest BCUT2D eigenvalue weighted by atomic mass is 10.1. The van der Waals surface area contributed by atoms with Crippen molar-refractivity contribution in [2.75, 3.05) is 0 Å². The third-order valence-corrected chi connectivity index (χ3v) is 3.52. The molecule has 0 amide bonds. The number of nitrogens with one attached hydrogen (secondary N) is 1. The Kier molecular flexibility index (Phi) is 1.29. The molecular formula is C13H12N2. The first-order valence-corrected chi connectivity index (χ1v) is 5.59. The predicted molar refractivity (Wildman–Crippen MR) is 58.8 cm³/mol. The van der Waals surface area contributed by atoms with Crippen molar-refractivity contribution >= 4 is 0 Å². The molecule has 4 rings (SSSR count). The largest absolute Gasteiger partial charge is 0.281 e. The number of hydrogen-bond acceptors (Lipinski definition) is 1. The standard InChI is InChI=1S/C13H12N2/c1-2-4-10-9(3-1)7-11-12(8-5-6-8)14-15-13(10)11/h1-4,8H,5-7H2,(H,14,15). The Balaban J connectivity index is 1.93. The fourth-order valence-electron chi connectivity index (χ4n) is 2.59. The fraction of sp³-hybridized carbons (Fsp3) is 0.308. The van der Waals surface area contributed by atoms with Crippen LogP contribution in [0.1, 0.15) is 35.6 Å². The molecule has 0 aliphatic heterocycles. The molecule has 0 unspecified atom stereocenters. The summed E-state index contributed by atoms with van der Waals surface area (Å²) in [6.45, 7) is 0. The molecule has 1 saturated carbocycles. The van der Waals surface area contributed by atoms with E-state index in [4.69, 9.17) is 0 Å². The van der Waals surface area contributed by atoms with Gasteiger partial charge in [-0.3, -0.25) is 5.10 Å². The highest BCUT2D eigenvalue weighted by atomic mass is 15.1. The first-order valence-electron chi connectivity index (χ1n) is 5.59. The molecule has 1 N–H and O–H groups in total. The Hall–Kier alpha value is -1.57. The highest BCUT2D eigenvalue weighted by Crippen LogP contribution is 2.46. The smallest absolute Gasteiger partial charge is 0.0961 e. The average molecular weight is 196 g/mol. The number of benzene rings is 1. The molecule has 1 aromatic carbocycles. The van der Waals surface area contributed by atoms with Crippen LogP contribution in [0.4, 0.5) is 0 Å². The summed E-state index contributed by atoms with van der Waals surface area (Å²) < 4.78 is 0. The Morgan fingerprint density at radius 2 is 2.07 bits per heavy atom. The first-order chi connectivity index (χ1) is 7.43. The summed E-state index contributed by atoms with van der Waals surface area (Å²) in [5.74, 6) is 0.774. The summed E-state index contributed by atoms with van der Waals surface area (Å²) in [7, 11) is 0. The molecule has 0 radical (unpaired) electrons. The van der Waals surface area contributed by atoms with Crippen molar-refractivity contribution in [3.8, 4) is 11.3 Å². The van der Waals surface area contributed by atoms with Gasteiger partial charge in [-0.25, -0.2) is 0 Å². The van der Waals surface area contributed by atoms with E-state index in [9.17, 15) is 0 Å². The maximum absolute atomic E-state index is 4.47. The Morgan fingerprint density at radius 1 is 1.20 bits per heavy atom. The normalized spacial score (nSPS) is 17.6. The zero-order valence-electron chi connectivity index (χ0n) is 8.46. The summed E-state index contributed by atoms with van der Waals surface area (Å²) in [5, 5.41) is 7.70. The van der Waals surface area contributed by atoms with E-state index in [2.05, 4.69) is 34.5 Å². The minimum atomic E-state index is 0.774. The van der Waals surface area contributed by atoms with E-state index in [1.165, 1.54) is 40.9 Å². The Morgan fingerprint density at radius 3 is 2.93 bits per heavy atom. The van der Waals surface area contributed by atoms with Gasteiger partial charge < -0.3 is 0 Å². The SMILES string of the molecule is c1ccc2c(c1)Cc1c-2n[nH]c1C1CC1. The van der Waals surface area contributed by atoms with Crippen molar-refractivity contribution < 1.29 is 0 Å². The van der Waals surface area contributed by atoms with Crippen LogP contribution < -0.4 is 0 Å². The minimum Gasteiger partial charge on any atom is -0.281 e. The molecule has 2 aliphatic rings. The van der Waals surface area contributed by atoms with Crippen molar-refractivity contribution in [3.05, 3.63) is 41.1 Å². The molecule has 0 atom stereocenters. The van der Waals surface area contributed by atoms with Crippen molar-refractivity contribution in [2.24, 2.45) is 0 Å². The minimum absolute atomic E-state index is 0.774. The second-order valence-corrected chi connectivity index (χ2v) is 4.57. The van der Waals surface area contributed by atoms with Crippen molar-refractivity contribution in [2.45, 2.75) is 25.2 Å². The Labute approximate surface area is 88.3 Å².